The highest BCUT2D eigenvalue weighted by molar-refractivity contribution is 4.96. The Morgan fingerprint density at radius 2 is 1.46 bits per heavy atom. The summed E-state index contributed by atoms with van der Waals surface area (Å²) in [6.45, 7) is 12.4. The van der Waals surface area contributed by atoms with E-state index in [-0.39, 0.29) is 5.92 Å². The van der Waals surface area contributed by atoms with Crippen LogP contribution in [0.2, 0.25) is 0 Å². The fourth-order valence-electron chi connectivity index (χ4n) is 0.800. The predicted octanol–water partition coefficient (Wildman–Crippen LogP) is 3.24. The number of rotatable bonds is 4. The monoisotopic (exact) mass is 184 g/mol. The first-order valence-electron chi connectivity index (χ1n) is 5.16. The van der Waals surface area contributed by atoms with Crippen molar-refractivity contribution in [2.75, 3.05) is 0 Å². The first-order chi connectivity index (χ1) is 5.75. The Morgan fingerprint density at radius 3 is 1.77 bits per heavy atom. The third-order valence-electron chi connectivity index (χ3n) is 2.87. The van der Waals surface area contributed by atoms with Crippen molar-refractivity contribution in [3.05, 3.63) is 12.2 Å². The van der Waals surface area contributed by atoms with E-state index in [0.717, 1.165) is 0 Å². The predicted molar refractivity (Wildman–Crippen MR) is 58.6 cm³/mol. The van der Waals surface area contributed by atoms with E-state index in [4.69, 9.17) is 0 Å². The zero-order valence-corrected chi connectivity index (χ0v) is 9.83. The Kier molecular flexibility index (Phi) is 4.69. The SMILES string of the molecule is CC(C)[C@@H](C)/C=C/[C@H](C)C(C)(C)O. The van der Waals surface area contributed by atoms with E-state index in [2.05, 4.69) is 32.9 Å². The van der Waals surface area contributed by atoms with Gasteiger partial charge in [0, 0.05) is 5.92 Å². The van der Waals surface area contributed by atoms with Gasteiger partial charge in [-0.25, -0.2) is 0 Å². The van der Waals surface area contributed by atoms with Gasteiger partial charge in [-0.15, -0.1) is 0 Å². The van der Waals surface area contributed by atoms with Gasteiger partial charge in [-0.05, 0) is 25.7 Å². The largest absolute Gasteiger partial charge is 0.390 e. The van der Waals surface area contributed by atoms with E-state index in [0.29, 0.717) is 11.8 Å². The number of hydrogen-bond acceptors (Lipinski definition) is 1. The molecular formula is C12H24O. The van der Waals surface area contributed by atoms with Gasteiger partial charge in [0.15, 0.2) is 0 Å². The molecule has 0 saturated heterocycles. The highest BCUT2D eigenvalue weighted by atomic mass is 16.3. The van der Waals surface area contributed by atoms with Gasteiger partial charge < -0.3 is 5.11 Å². The van der Waals surface area contributed by atoms with Crippen molar-refractivity contribution >= 4 is 0 Å². The summed E-state index contributed by atoms with van der Waals surface area (Å²) in [5.74, 6) is 1.48. The first kappa shape index (κ1) is 12.7. The van der Waals surface area contributed by atoms with E-state index in [1.54, 1.807) is 0 Å². The van der Waals surface area contributed by atoms with Gasteiger partial charge >= 0.3 is 0 Å². The average molecular weight is 184 g/mol. The lowest BCUT2D eigenvalue weighted by atomic mass is 9.90. The van der Waals surface area contributed by atoms with Crippen molar-refractivity contribution < 1.29 is 5.11 Å². The van der Waals surface area contributed by atoms with Crippen LogP contribution in [0.15, 0.2) is 12.2 Å². The zero-order chi connectivity index (χ0) is 10.6. The van der Waals surface area contributed by atoms with E-state index in [1.807, 2.05) is 20.8 Å². The molecule has 13 heavy (non-hydrogen) atoms. The van der Waals surface area contributed by atoms with Crippen molar-refractivity contribution in [1.82, 2.24) is 0 Å². The molecular weight excluding hydrogens is 160 g/mol. The number of allylic oxidation sites excluding steroid dienone is 1. The second-order valence-corrected chi connectivity index (χ2v) is 4.93. The molecule has 0 aromatic rings. The fraction of sp³-hybridized carbons (Fsp3) is 0.833. The van der Waals surface area contributed by atoms with E-state index in [9.17, 15) is 5.11 Å². The lowest BCUT2D eigenvalue weighted by Gasteiger charge is -2.23. The second-order valence-electron chi connectivity index (χ2n) is 4.93. The molecule has 0 aliphatic rings. The molecule has 0 aliphatic carbocycles. The lowest BCUT2D eigenvalue weighted by Crippen LogP contribution is -2.27. The molecule has 0 unspecified atom stereocenters. The molecule has 0 spiro atoms. The molecule has 1 heteroatoms. The molecule has 0 aromatic heterocycles. The summed E-state index contributed by atoms with van der Waals surface area (Å²) in [6, 6.07) is 0. The zero-order valence-electron chi connectivity index (χ0n) is 9.83. The highest BCUT2D eigenvalue weighted by Gasteiger charge is 2.19. The average Bonchev–Trinajstić information content (AvgIpc) is 1.97. The van der Waals surface area contributed by atoms with E-state index >= 15 is 0 Å². The van der Waals surface area contributed by atoms with E-state index < -0.39 is 5.60 Å². The molecule has 0 fully saturated rings. The van der Waals surface area contributed by atoms with Crippen LogP contribution in [0.3, 0.4) is 0 Å². The number of aliphatic hydroxyl groups is 1. The van der Waals surface area contributed by atoms with Crippen LogP contribution < -0.4 is 0 Å². The summed E-state index contributed by atoms with van der Waals surface area (Å²) in [6.07, 6.45) is 4.32. The third-order valence-corrected chi connectivity index (χ3v) is 2.87. The number of hydrogen-bond donors (Lipinski definition) is 1. The third kappa shape index (κ3) is 5.09. The Labute approximate surface area is 82.9 Å². The molecule has 0 rings (SSSR count). The minimum atomic E-state index is -0.604. The molecule has 1 N–H and O–H groups in total. The lowest BCUT2D eigenvalue weighted by molar-refractivity contribution is 0.0439. The van der Waals surface area contributed by atoms with Crippen molar-refractivity contribution in [1.29, 1.82) is 0 Å². The normalized spacial score (nSPS) is 18.2. The van der Waals surface area contributed by atoms with Crippen molar-refractivity contribution in [2.45, 2.75) is 47.1 Å². The molecule has 0 aliphatic heterocycles. The smallest absolute Gasteiger partial charge is 0.0651 e. The van der Waals surface area contributed by atoms with Crippen LogP contribution in [-0.4, -0.2) is 10.7 Å². The first-order valence-corrected chi connectivity index (χ1v) is 5.16. The molecule has 0 radical (unpaired) electrons. The van der Waals surface area contributed by atoms with Gasteiger partial charge in [0.2, 0.25) is 0 Å². The molecule has 0 saturated carbocycles. The quantitative estimate of drug-likeness (QED) is 0.665. The molecule has 2 atom stereocenters. The topological polar surface area (TPSA) is 20.2 Å². The van der Waals surface area contributed by atoms with Crippen LogP contribution in [0, 0.1) is 17.8 Å². The Bertz CT molecular complexity index is 162. The van der Waals surface area contributed by atoms with Gasteiger partial charge in [0.25, 0.3) is 0 Å². The van der Waals surface area contributed by atoms with E-state index in [1.165, 1.54) is 0 Å². The van der Waals surface area contributed by atoms with Gasteiger partial charge in [-0.2, -0.15) is 0 Å². The molecule has 0 heterocycles. The minimum absolute atomic E-state index is 0.216. The molecule has 1 nitrogen and oxygen atoms in total. The van der Waals surface area contributed by atoms with Crippen molar-refractivity contribution in [3.8, 4) is 0 Å². The minimum Gasteiger partial charge on any atom is -0.390 e. The van der Waals surface area contributed by atoms with Gasteiger partial charge in [-0.3, -0.25) is 0 Å². The second kappa shape index (κ2) is 4.80. The Morgan fingerprint density at radius 1 is 1.00 bits per heavy atom. The summed E-state index contributed by atoms with van der Waals surface area (Å²) in [7, 11) is 0. The maximum Gasteiger partial charge on any atom is 0.0651 e. The van der Waals surface area contributed by atoms with Gasteiger partial charge in [0.05, 0.1) is 5.60 Å². The fourth-order valence-corrected chi connectivity index (χ4v) is 0.800. The standard InChI is InChI=1S/C12H24O/c1-9(2)10(3)7-8-11(4)12(5,6)13/h7-11,13H,1-6H3/b8-7+/t10-,11-/m0/s1. The summed E-state index contributed by atoms with van der Waals surface area (Å²) in [4.78, 5) is 0. The van der Waals surface area contributed by atoms with Crippen LogP contribution in [0.1, 0.15) is 41.5 Å². The molecule has 0 bridgehead atoms. The Balaban J connectivity index is 4.12. The van der Waals surface area contributed by atoms with Crippen LogP contribution in [-0.2, 0) is 0 Å². The Hall–Kier alpha value is -0.300. The molecule has 78 valence electrons. The summed E-state index contributed by atoms with van der Waals surface area (Å²) < 4.78 is 0. The summed E-state index contributed by atoms with van der Waals surface area (Å²) in [5, 5.41) is 9.69. The van der Waals surface area contributed by atoms with Gasteiger partial charge in [-0.1, -0.05) is 39.8 Å². The molecule has 0 amide bonds. The summed E-state index contributed by atoms with van der Waals surface area (Å²) >= 11 is 0. The van der Waals surface area contributed by atoms with Crippen molar-refractivity contribution in [2.24, 2.45) is 17.8 Å². The highest BCUT2D eigenvalue weighted by Crippen LogP contribution is 2.19. The summed E-state index contributed by atoms with van der Waals surface area (Å²) in [5.41, 5.74) is -0.604. The van der Waals surface area contributed by atoms with Crippen molar-refractivity contribution in [3.63, 3.8) is 0 Å². The van der Waals surface area contributed by atoms with Crippen LogP contribution in [0.4, 0.5) is 0 Å². The maximum atomic E-state index is 9.69. The molecule has 0 aromatic carbocycles. The van der Waals surface area contributed by atoms with Crippen LogP contribution in [0.25, 0.3) is 0 Å². The maximum absolute atomic E-state index is 9.69. The van der Waals surface area contributed by atoms with Gasteiger partial charge in [0.1, 0.15) is 0 Å². The van der Waals surface area contributed by atoms with Crippen LogP contribution >= 0.6 is 0 Å². The van der Waals surface area contributed by atoms with Crippen LogP contribution in [0.5, 0.6) is 0 Å².